The van der Waals surface area contributed by atoms with Gasteiger partial charge in [0.15, 0.2) is 0 Å². The van der Waals surface area contributed by atoms with Gasteiger partial charge in [0.1, 0.15) is 5.82 Å². The Morgan fingerprint density at radius 1 is 1.57 bits per heavy atom. The number of nitrogen functional groups attached to an aromatic ring is 1. The van der Waals surface area contributed by atoms with Crippen LogP contribution in [0.4, 0.5) is 5.82 Å². The highest BCUT2D eigenvalue weighted by atomic mass is 16.5. The van der Waals surface area contributed by atoms with E-state index in [2.05, 4.69) is 5.10 Å². The lowest BCUT2D eigenvalue weighted by Crippen LogP contribution is -2.14. The molecule has 3 heterocycles. The number of anilines is 1. The van der Waals surface area contributed by atoms with Crippen molar-refractivity contribution in [2.75, 3.05) is 5.73 Å². The predicted octanol–water partition coefficient (Wildman–Crippen LogP) is 1.04. The van der Waals surface area contributed by atoms with E-state index >= 15 is 0 Å². The maximum absolute atomic E-state index is 5.80. The first-order chi connectivity index (χ1) is 6.74. The summed E-state index contributed by atoms with van der Waals surface area (Å²) in [4.78, 5) is 0. The summed E-state index contributed by atoms with van der Waals surface area (Å²) in [5.41, 5.74) is 6.87. The molecule has 3 rings (SSSR count). The van der Waals surface area contributed by atoms with Crippen LogP contribution in [0.1, 0.15) is 30.9 Å². The molecule has 1 aromatic rings. The highest BCUT2D eigenvalue weighted by Crippen LogP contribution is 2.44. The second-order valence-electron chi connectivity index (χ2n) is 4.33. The van der Waals surface area contributed by atoms with Gasteiger partial charge in [-0.3, -0.25) is 4.68 Å². The number of fused-ring (bicyclic) bond motifs is 2. The van der Waals surface area contributed by atoms with Crippen LogP contribution in [-0.2, 0) is 11.8 Å². The third-order valence-electron chi connectivity index (χ3n) is 3.42. The highest BCUT2D eigenvalue weighted by molar-refractivity contribution is 5.33. The van der Waals surface area contributed by atoms with Gasteiger partial charge in [-0.05, 0) is 19.3 Å². The number of hydrogen-bond donors (Lipinski definition) is 1. The largest absolute Gasteiger partial charge is 0.384 e. The second kappa shape index (κ2) is 2.73. The molecule has 0 aliphatic carbocycles. The van der Waals surface area contributed by atoms with Crippen LogP contribution in [-0.4, -0.2) is 22.0 Å². The van der Waals surface area contributed by atoms with Gasteiger partial charge < -0.3 is 10.5 Å². The summed E-state index contributed by atoms with van der Waals surface area (Å²) in [6.45, 7) is 0. The summed E-state index contributed by atoms with van der Waals surface area (Å²) < 4.78 is 7.54. The molecule has 0 saturated carbocycles. The van der Waals surface area contributed by atoms with Crippen LogP contribution < -0.4 is 5.73 Å². The van der Waals surface area contributed by atoms with Crippen molar-refractivity contribution in [1.82, 2.24) is 9.78 Å². The molecule has 0 aromatic carbocycles. The monoisotopic (exact) mass is 193 g/mol. The van der Waals surface area contributed by atoms with E-state index in [1.54, 1.807) is 4.68 Å². The van der Waals surface area contributed by atoms with Gasteiger partial charge in [0, 0.05) is 19.0 Å². The Bertz CT molecular complexity index is 341. The number of rotatable bonds is 1. The minimum absolute atomic E-state index is 0.397. The molecule has 3 atom stereocenters. The van der Waals surface area contributed by atoms with E-state index in [1.807, 2.05) is 13.1 Å². The lowest BCUT2D eigenvalue weighted by molar-refractivity contribution is 0.100. The second-order valence-corrected chi connectivity index (χ2v) is 4.33. The van der Waals surface area contributed by atoms with E-state index in [9.17, 15) is 0 Å². The minimum atomic E-state index is 0.397. The van der Waals surface area contributed by atoms with Crippen molar-refractivity contribution in [3.63, 3.8) is 0 Å². The van der Waals surface area contributed by atoms with Crippen LogP contribution in [0.3, 0.4) is 0 Å². The molecule has 2 aliphatic heterocycles. The molecule has 2 fully saturated rings. The Morgan fingerprint density at radius 3 is 2.93 bits per heavy atom. The Kier molecular flexibility index (Phi) is 1.62. The third kappa shape index (κ3) is 1.07. The third-order valence-corrected chi connectivity index (χ3v) is 3.42. The van der Waals surface area contributed by atoms with Crippen molar-refractivity contribution < 1.29 is 4.74 Å². The van der Waals surface area contributed by atoms with E-state index in [0.717, 1.165) is 17.9 Å². The van der Waals surface area contributed by atoms with E-state index in [4.69, 9.17) is 10.5 Å². The number of aryl methyl sites for hydroxylation is 1. The first kappa shape index (κ1) is 8.29. The Balaban J connectivity index is 1.89. The van der Waals surface area contributed by atoms with Crippen LogP contribution in [0, 0.1) is 0 Å². The summed E-state index contributed by atoms with van der Waals surface area (Å²) in [5, 5.41) is 4.42. The normalized spacial score (nSPS) is 35.4. The van der Waals surface area contributed by atoms with Crippen molar-refractivity contribution in [2.45, 2.75) is 37.4 Å². The first-order valence-corrected chi connectivity index (χ1v) is 5.19. The number of aromatic nitrogens is 2. The molecule has 0 amide bonds. The SMILES string of the molecule is Cn1nc(C2CC3CCC2O3)cc1N. The summed E-state index contributed by atoms with van der Waals surface area (Å²) in [6, 6.07) is 1.98. The maximum Gasteiger partial charge on any atom is 0.121 e. The number of nitrogens with two attached hydrogens (primary N) is 1. The lowest BCUT2D eigenvalue weighted by atomic mass is 9.87. The fourth-order valence-electron chi connectivity index (χ4n) is 2.64. The van der Waals surface area contributed by atoms with Crippen molar-refractivity contribution in [3.05, 3.63) is 11.8 Å². The summed E-state index contributed by atoms with van der Waals surface area (Å²) >= 11 is 0. The molecule has 4 heteroatoms. The number of ether oxygens (including phenoxy) is 1. The molecular formula is C10H15N3O. The molecule has 2 saturated heterocycles. The van der Waals surface area contributed by atoms with Crippen LogP contribution >= 0.6 is 0 Å². The Labute approximate surface area is 83.0 Å². The molecule has 0 radical (unpaired) electrons. The molecule has 3 unspecified atom stereocenters. The molecule has 76 valence electrons. The summed E-state index contributed by atoms with van der Waals surface area (Å²) in [7, 11) is 1.88. The fourth-order valence-corrected chi connectivity index (χ4v) is 2.64. The zero-order chi connectivity index (χ0) is 9.71. The summed E-state index contributed by atoms with van der Waals surface area (Å²) in [6.07, 6.45) is 4.42. The quantitative estimate of drug-likeness (QED) is 0.725. The average Bonchev–Trinajstić information content (AvgIpc) is 2.82. The van der Waals surface area contributed by atoms with Crippen molar-refractivity contribution in [1.29, 1.82) is 0 Å². The fraction of sp³-hybridized carbons (Fsp3) is 0.700. The molecule has 2 aliphatic rings. The molecule has 14 heavy (non-hydrogen) atoms. The minimum Gasteiger partial charge on any atom is -0.384 e. The maximum atomic E-state index is 5.80. The van der Waals surface area contributed by atoms with Gasteiger partial charge in [-0.15, -0.1) is 0 Å². The van der Waals surface area contributed by atoms with Crippen LogP contribution in [0.2, 0.25) is 0 Å². The van der Waals surface area contributed by atoms with Gasteiger partial charge in [0.2, 0.25) is 0 Å². The van der Waals surface area contributed by atoms with Crippen molar-refractivity contribution >= 4 is 5.82 Å². The first-order valence-electron chi connectivity index (χ1n) is 5.19. The highest BCUT2D eigenvalue weighted by Gasteiger charge is 2.42. The number of hydrogen-bond acceptors (Lipinski definition) is 3. The zero-order valence-electron chi connectivity index (χ0n) is 8.31. The van der Waals surface area contributed by atoms with Gasteiger partial charge in [-0.1, -0.05) is 0 Å². The van der Waals surface area contributed by atoms with Crippen molar-refractivity contribution in [3.8, 4) is 0 Å². The molecule has 2 N–H and O–H groups in total. The molecule has 4 nitrogen and oxygen atoms in total. The molecule has 0 spiro atoms. The van der Waals surface area contributed by atoms with Gasteiger partial charge in [0.05, 0.1) is 17.9 Å². The van der Waals surface area contributed by atoms with Gasteiger partial charge >= 0.3 is 0 Å². The standard InChI is InChI=1S/C10H15N3O/c1-13-10(11)5-8(12-13)7-4-6-2-3-9(7)14-6/h5-7,9H,2-4,11H2,1H3. The van der Waals surface area contributed by atoms with E-state index in [0.29, 0.717) is 18.1 Å². The average molecular weight is 193 g/mol. The van der Waals surface area contributed by atoms with Crippen LogP contribution in [0.25, 0.3) is 0 Å². The predicted molar refractivity (Wildman–Crippen MR) is 52.9 cm³/mol. The van der Waals surface area contributed by atoms with Crippen molar-refractivity contribution in [2.24, 2.45) is 7.05 Å². The van der Waals surface area contributed by atoms with Gasteiger partial charge in [-0.2, -0.15) is 5.10 Å². The Morgan fingerprint density at radius 2 is 2.43 bits per heavy atom. The van der Waals surface area contributed by atoms with Gasteiger partial charge in [0.25, 0.3) is 0 Å². The van der Waals surface area contributed by atoms with E-state index in [1.165, 1.54) is 12.8 Å². The van der Waals surface area contributed by atoms with Crippen LogP contribution in [0.15, 0.2) is 6.07 Å². The molecule has 2 bridgehead atoms. The zero-order valence-corrected chi connectivity index (χ0v) is 8.31. The summed E-state index contributed by atoms with van der Waals surface area (Å²) in [5.74, 6) is 1.22. The van der Waals surface area contributed by atoms with Gasteiger partial charge in [-0.25, -0.2) is 0 Å². The lowest BCUT2D eigenvalue weighted by Gasteiger charge is -2.15. The molecular weight excluding hydrogens is 178 g/mol. The number of nitrogens with zero attached hydrogens (tertiary/aromatic N) is 2. The van der Waals surface area contributed by atoms with Crippen LogP contribution in [0.5, 0.6) is 0 Å². The Hall–Kier alpha value is -1.03. The molecule has 1 aromatic heterocycles. The smallest absolute Gasteiger partial charge is 0.121 e. The van der Waals surface area contributed by atoms with E-state index < -0.39 is 0 Å². The topological polar surface area (TPSA) is 53.1 Å². The van der Waals surface area contributed by atoms with E-state index in [-0.39, 0.29) is 0 Å².